The molecule has 0 radical (unpaired) electrons. The van der Waals surface area contributed by atoms with Gasteiger partial charge in [-0.15, -0.1) is 4.37 Å². The van der Waals surface area contributed by atoms with Crippen molar-refractivity contribution in [2.75, 3.05) is 20.1 Å². The molecule has 3 aromatic rings. The van der Waals surface area contributed by atoms with Crippen LogP contribution in [0.4, 0.5) is 0 Å². The number of hydrogen-bond acceptors (Lipinski definition) is 6. The van der Waals surface area contributed by atoms with Gasteiger partial charge in [0, 0.05) is 30.5 Å². The fraction of sp³-hybridized carbons (Fsp3) is 0.389. The van der Waals surface area contributed by atoms with Crippen LogP contribution < -0.4 is 4.74 Å². The maximum absolute atomic E-state index is 5.97. The number of rotatable bonds is 7. The van der Waals surface area contributed by atoms with Gasteiger partial charge in [-0.25, -0.2) is 4.98 Å². The summed E-state index contributed by atoms with van der Waals surface area (Å²) in [5.41, 5.74) is 3.71. The first-order valence-corrected chi connectivity index (χ1v) is 9.12. The zero-order valence-corrected chi connectivity index (χ0v) is 15.9. The molecule has 0 amide bonds. The van der Waals surface area contributed by atoms with E-state index in [1.165, 1.54) is 22.7 Å². The summed E-state index contributed by atoms with van der Waals surface area (Å²) in [6.45, 7) is 8.50. The number of likely N-dealkylation sites (N-methyl/N-ethyl adjacent to an activating group) is 1. The lowest BCUT2D eigenvalue weighted by Crippen LogP contribution is -2.20. The molecule has 0 N–H and O–H groups in total. The highest BCUT2D eigenvalue weighted by atomic mass is 32.1. The first-order chi connectivity index (χ1) is 12.1. The van der Waals surface area contributed by atoms with Crippen LogP contribution in [0.1, 0.15) is 23.6 Å². The Morgan fingerprint density at radius 1 is 1.24 bits per heavy atom. The maximum Gasteiger partial charge on any atom is 0.300 e. The van der Waals surface area contributed by atoms with Gasteiger partial charge >= 0.3 is 0 Å². The van der Waals surface area contributed by atoms with Gasteiger partial charge in [0.15, 0.2) is 0 Å². The highest BCUT2D eigenvalue weighted by Crippen LogP contribution is 2.29. The average Bonchev–Trinajstić information content (AvgIpc) is 3.27. The minimum Gasteiger partial charge on any atom is -0.430 e. The largest absolute Gasteiger partial charge is 0.430 e. The third kappa shape index (κ3) is 4.24. The molecule has 0 aliphatic carbocycles. The second kappa shape index (κ2) is 7.76. The molecular formula is C18H23N5OS. The van der Waals surface area contributed by atoms with Crippen LogP contribution in [-0.2, 0) is 6.42 Å². The van der Waals surface area contributed by atoms with Gasteiger partial charge in [0.25, 0.3) is 5.19 Å². The van der Waals surface area contributed by atoms with E-state index in [-0.39, 0.29) is 0 Å². The minimum absolute atomic E-state index is 0.532. The molecule has 7 heteroatoms. The first kappa shape index (κ1) is 17.6. The Morgan fingerprint density at radius 2 is 2.08 bits per heavy atom. The smallest absolute Gasteiger partial charge is 0.300 e. The second-order valence-corrected chi connectivity index (χ2v) is 6.84. The number of imidazole rings is 1. The molecule has 0 atom stereocenters. The molecular weight excluding hydrogens is 334 g/mol. The number of nitrogens with zero attached hydrogens (tertiary/aromatic N) is 5. The zero-order chi connectivity index (χ0) is 17.8. The minimum atomic E-state index is 0.532. The molecule has 0 fully saturated rings. The van der Waals surface area contributed by atoms with E-state index in [2.05, 4.69) is 59.2 Å². The normalized spacial score (nSPS) is 11.2. The molecule has 0 unspecified atom stereocenters. The molecule has 0 saturated heterocycles. The topological polar surface area (TPSA) is 56.1 Å². The number of aryl methyl sites for hydroxylation is 2. The Kier molecular flexibility index (Phi) is 5.45. The van der Waals surface area contributed by atoms with Gasteiger partial charge in [-0.2, -0.15) is 4.98 Å². The van der Waals surface area contributed by atoms with E-state index in [1.807, 2.05) is 6.20 Å². The summed E-state index contributed by atoms with van der Waals surface area (Å²) in [4.78, 5) is 10.7. The predicted octanol–water partition coefficient (Wildman–Crippen LogP) is 3.63. The Hall–Kier alpha value is -2.25. The van der Waals surface area contributed by atoms with E-state index >= 15 is 0 Å². The predicted molar refractivity (Wildman–Crippen MR) is 99.9 cm³/mol. The fourth-order valence-corrected chi connectivity index (χ4v) is 3.06. The summed E-state index contributed by atoms with van der Waals surface area (Å²) in [5.74, 6) is 1.41. The maximum atomic E-state index is 5.97. The Balaban J connectivity index is 1.73. The van der Waals surface area contributed by atoms with Gasteiger partial charge in [0.2, 0.25) is 5.95 Å². The standard InChI is InChI=1S/C18H23N5OS/c1-5-22(4)8-6-15-10-14(3)16(11-13(15)2)24-18-20-17(21-25-18)23-9-7-19-12-23/h7,9-12H,5-6,8H2,1-4H3. The van der Waals surface area contributed by atoms with E-state index in [4.69, 9.17) is 4.74 Å². The number of aromatic nitrogens is 4. The van der Waals surface area contributed by atoms with Crippen molar-refractivity contribution in [3.8, 4) is 16.9 Å². The SMILES string of the molecule is CCN(C)CCc1cc(C)c(Oc2nc(-n3ccnc3)ns2)cc1C. The summed E-state index contributed by atoms with van der Waals surface area (Å²) < 4.78 is 12.0. The molecule has 0 spiro atoms. The molecule has 0 aliphatic rings. The molecule has 0 bridgehead atoms. The summed E-state index contributed by atoms with van der Waals surface area (Å²) in [6, 6.07) is 4.31. The zero-order valence-electron chi connectivity index (χ0n) is 15.1. The van der Waals surface area contributed by atoms with E-state index in [9.17, 15) is 0 Å². The molecule has 1 aromatic carbocycles. The van der Waals surface area contributed by atoms with Crippen LogP contribution in [0.2, 0.25) is 0 Å². The second-order valence-electron chi connectivity index (χ2n) is 6.12. The Labute approximate surface area is 152 Å². The summed E-state index contributed by atoms with van der Waals surface area (Å²) >= 11 is 1.24. The van der Waals surface area contributed by atoms with Gasteiger partial charge < -0.3 is 9.64 Å². The lowest BCUT2D eigenvalue weighted by atomic mass is 10.0. The van der Waals surface area contributed by atoms with Crippen LogP contribution in [0, 0.1) is 13.8 Å². The van der Waals surface area contributed by atoms with Crippen molar-refractivity contribution in [2.24, 2.45) is 0 Å². The van der Waals surface area contributed by atoms with Crippen molar-refractivity contribution in [1.29, 1.82) is 0 Å². The molecule has 6 nitrogen and oxygen atoms in total. The Morgan fingerprint density at radius 3 is 2.80 bits per heavy atom. The van der Waals surface area contributed by atoms with Gasteiger partial charge in [-0.1, -0.05) is 13.0 Å². The van der Waals surface area contributed by atoms with Gasteiger partial charge in [-0.05, 0) is 56.6 Å². The van der Waals surface area contributed by atoms with Crippen molar-refractivity contribution in [3.05, 3.63) is 47.5 Å². The first-order valence-electron chi connectivity index (χ1n) is 8.35. The highest BCUT2D eigenvalue weighted by Gasteiger charge is 2.11. The molecule has 0 saturated carbocycles. The van der Waals surface area contributed by atoms with Crippen molar-refractivity contribution in [2.45, 2.75) is 27.2 Å². The molecule has 25 heavy (non-hydrogen) atoms. The number of hydrogen-bond donors (Lipinski definition) is 0. The lowest BCUT2D eigenvalue weighted by Gasteiger charge is -2.16. The van der Waals surface area contributed by atoms with Crippen LogP contribution in [0.3, 0.4) is 0 Å². The third-order valence-corrected chi connectivity index (χ3v) is 4.85. The Bertz CT molecular complexity index is 828. The number of ether oxygens (including phenoxy) is 1. The number of benzene rings is 1. The van der Waals surface area contributed by atoms with Gasteiger partial charge in [0.05, 0.1) is 0 Å². The van der Waals surface area contributed by atoms with Crippen molar-refractivity contribution < 1.29 is 4.74 Å². The summed E-state index contributed by atoms with van der Waals surface area (Å²) in [6.07, 6.45) is 6.22. The van der Waals surface area contributed by atoms with E-state index in [0.29, 0.717) is 11.1 Å². The fourth-order valence-electron chi connectivity index (χ4n) is 2.52. The average molecular weight is 357 g/mol. The highest BCUT2D eigenvalue weighted by molar-refractivity contribution is 7.07. The van der Waals surface area contributed by atoms with Gasteiger partial charge in [-0.3, -0.25) is 4.57 Å². The van der Waals surface area contributed by atoms with Crippen LogP contribution in [0.15, 0.2) is 30.9 Å². The van der Waals surface area contributed by atoms with Crippen LogP contribution in [-0.4, -0.2) is 43.9 Å². The summed E-state index contributed by atoms with van der Waals surface area (Å²) in [5, 5.41) is 0.532. The van der Waals surface area contributed by atoms with E-state index < -0.39 is 0 Å². The lowest BCUT2D eigenvalue weighted by molar-refractivity contribution is 0.357. The van der Waals surface area contributed by atoms with Gasteiger partial charge in [0.1, 0.15) is 12.1 Å². The molecule has 2 heterocycles. The van der Waals surface area contributed by atoms with Crippen LogP contribution in [0.5, 0.6) is 10.9 Å². The van der Waals surface area contributed by atoms with Crippen molar-refractivity contribution in [1.82, 2.24) is 23.8 Å². The van der Waals surface area contributed by atoms with E-state index in [1.54, 1.807) is 17.1 Å². The van der Waals surface area contributed by atoms with Crippen LogP contribution >= 0.6 is 11.5 Å². The quantitative estimate of drug-likeness (QED) is 0.646. The van der Waals surface area contributed by atoms with Crippen molar-refractivity contribution in [3.63, 3.8) is 0 Å². The van der Waals surface area contributed by atoms with E-state index in [0.717, 1.165) is 30.8 Å². The van der Waals surface area contributed by atoms with Crippen molar-refractivity contribution >= 4 is 11.5 Å². The molecule has 132 valence electrons. The third-order valence-electron chi connectivity index (χ3n) is 4.27. The van der Waals surface area contributed by atoms with Crippen LogP contribution in [0.25, 0.3) is 5.95 Å². The summed E-state index contributed by atoms with van der Waals surface area (Å²) in [7, 11) is 2.15. The monoisotopic (exact) mass is 357 g/mol. The molecule has 2 aromatic heterocycles. The molecule has 3 rings (SSSR count). The molecule has 0 aliphatic heterocycles.